The number of rotatable bonds is 6. The molecule has 0 spiro atoms. The maximum absolute atomic E-state index is 13.8. The number of likely N-dealkylation sites (N-methyl/N-ethyl adjacent to an activating group) is 1. The predicted molar refractivity (Wildman–Crippen MR) is 79.5 cm³/mol. The number of nitrogens with one attached hydrogen (secondary N) is 1. The lowest BCUT2D eigenvalue weighted by molar-refractivity contribution is 0.497. The van der Waals surface area contributed by atoms with Crippen LogP contribution in [0.4, 0.5) is 4.39 Å². The van der Waals surface area contributed by atoms with Gasteiger partial charge in [0, 0.05) is 35.6 Å². The molecule has 1 aromatic carbocycles. The van der Waals surface area contributed by atoms with E-state index in [9.17, 15) is 4.39 Å². The van der Waals surface area contributed by atoms with Crippen molar-refractivity contribution in [3.8, 4) is 0 Å². The molecule has 1 aromatic heterocycles. The van der Waals surface area contributed by atoms with Crippen LogP contribution < -0.4 is 5.32 Å². The molecule has 1 atom stereocenters. The number of halogens is 2. The average molecular weight is 296 g/mol. The Balaban J connectivity index is 2.01. The largest absolute Gasteiger partial charge is 0.317 e. The normalized spacial score (nSPS) is 12.6. The molecule has 0 amide bonds. The first kappa shape index (κ1) is 15.0. The van der Waals surface area contributed by atoms with Gasteiger partial charge in [-0.05, 0) is 44.5 Å². The number of aromatic nitrogens is 2. The SMILES string of the molecule is CNC(CCc1ccnn1C)Cc1c(F)cccc1Cl. The highest BCUT2D eigenvalue weighted by Gasteiger charge is 2.14. The van der Waals surface area contributed by atoms with E-state index < -0.39 is 0 Å². The van der Waals surface area contributed by atoms with Crippen molar-refractivity contribution in [2.45, 2.75) is 25.3 Å². The van der Waals surface area contributed by atoms with E-state index in [0.717, 1.165) is 12.8 Å². The van der Waals surface area contributed by atoms with Crippen molar-refractivity contribution in [2.24, 2.45) is 7.05 Å². The Kier molecular flexibility index (Phi) is 5.15. The molecular weight excluding hydrogens is 277 g/mol. The molecule has 0 fully saturated rings. The van der Waals surface area contributed by atoms with E-state index in [1.165, 1.54) is 11.8 Å². The maximum Gasteiger partial charge on any atom is 0.127 e. The Morgan fingerprint density at radius 3 is 2.80 bits per heavy atom. The van der Waals surface area contributed by atoms with E-state index in [0.29, 0.717) is 17.0 Å². The molecule has 108 valence electrons. The first-order valence-electron chi connectivity index (χ1n) is 6.69. The van der Waals surface area contributed by atoms with Crippen LogP contribution >= 0.6 is 11.6 Å². The first-order valence-corrected chi connectivity index (χ1v) is 7.06. The smallest absolute Gasteiger partial charge is 0.127 e. The number of benzene rings is 1. The average Bonchev–Trinajstić information content (AvgIpc) is 2.83. The lowest BCUT2D eigenvalue weighted by Crippen LogP contribution is -2.29. The quantitative estimate of drug-likeness (QED) is 0.888. The topological polar surface area (TPSA) is 29.9 Å². The van der Waals surface area contributed by atoms with E-state index >= 15 is 0 Å². The Morgan fingerprint density at radius 2 is 2.20 bits per heavy atom. The summed E-state index contributed by atoms with van der Waals surface area (Å²) in [6.45, 7) is 0. The molecule has 0 saturated carbocycles. The van der Waals surface area contributed by atoms with Gasteiger partial charge in [-0.15, -0.1) is 0 Å². The number of nitrogens with zero attached hydrogens (tertiary/aromatic N) is 2. The molecule has 2 rings (SSSR count). The van der Waals surface area contributed by atoms with Gasteiger partial charge in [0.05, 0.1) is 0 Å². The zero-order valence-corrected chi connectivity index (χ0v) is 12.5. The van der Waals surface area contributed by atoms with Gasteiger partial charge >= 0.3 is 0 Å². The molecule has 0 bridgehead atoms. The van der Waals surface area contributed by atoms with Gasteiger partial charge in [0.15, 0.2) is 0 Å². The summed E-state index contributed by atoms with van der Waals surface area (Å²) in [6.07, 6.45) is 4.17. The van der Waals surface area contributed by atoms with Crippen molar-refractivity contribution < 1.29 is 4.39 Å². The highest BCUT2D eigenvalue weighted by atomic mass is 35.5. The Labute approximate surface area is 123 Å². The van der Waals surface area contributed by atoms with Crippen molar-refractivity contribution in [3.63, 3.8) is 0 Å². The van der Waals surface area contributed by atoms with E-state index in [1.807, 2.05) is 24.8 Å². The van der Waals surface area contributed by atoms with Gasteiger partial charge in [-0.2, -0.15) is 5.10 Å². The molecule has 0 saturated heterocycles. The van der Waals surface area contributed by atoms with Gasteiger partial charge in [-0.3, -0.25) is 4.68 Å². The number of hydrogen-bond acceptors (Lipinski definition) is 2. The summed E-state index contributed by atoms with van der Waals surface area (Å²) in [7, 11) is 3.82. The lowest BCUT2D eigenvalue weighted by Gasteiger charge is -2.17. The summed E-state index contributed by atoms with van der Waals surface area (Å²) in [5.41, 5.74) is 1.75. The molecule has 3 nitrogen and oxygen atoms in total. The zero-order chi connectivity index (χ0) is 14.5. The fraction of sp³-hybridized carbons (Fsp3) is 0.400. The number of aryl methyl sites for hydroxylation is 2. The molecule has 0 aliphatic heterocycles. The standard InChI is InChI=1S/C15H19ClFN3/c1-18-11(6-7-12-8-9-19-20(12)2)10-13-14(16)4-3-5-15(13)17/h3-5,8-9,11,18H,6-7,10H2,1-2H3. The predicted octanol–water partition coefficient (Wildman–Crippen LogP) is 2.98. The summed E-state index contributed by atoms with van der Waals surface area (Å²) >= 11 is 6.07. The second-order valence-electron chi connectivity index (χ2n) is 4.87. The maximum atomic E-state index is 13.8. The lowest BCUT2D eigenvalue weighted by atomic mass is 10.0. The van der Waals surface area contributed by atoms with Gasteiger partial charge in [0.25, 0.3) is 0 Å². The van der Waals surface area contributed by atoms with Crippen LogP contribution in [0.2, 0.25) is 5.02 Å². The molecular formula is C15H19ClFN3. The molecule has 0 aliphatic carbocycles. The summed E-state index contributed by atoms with van der Waals surface area (Å²) in [5.74, 6) is -0.238. The van der Waals surface area contributed by atoms with Crippen molar-refractivity contribution >= 4 is 11.6 Å². The summed E-state index contributed by atoms with van der Waals surface area (Å²) in [6, 6.07) is 7.00. The molecule has 20 heavy (non-hydrogen) atoms. The van der Waals surface area contributed by atoms with Crippen molar-refractivity contribution in [2.75, 3.05) is 7.05 Å². The van der Waals surface area contributed by atoms with Crippen LogP contribution in [0.25, 0.3) is 0 Å². The first-order chi connectivity index (χ1) is 9.61. The second kappa shape index (κ2) is 6.86. The fourth-order valence-corrected chi connectivity index (χ4v) is 2.53. The van der Waals surface area contributed by atoms with E-state index in [-0.39, 0.29) is 11.9 Å². The monoisotopic (exact) mass is 295 g/mol. The molecule has 1 heterocycles. The minimum atomic E-state index is -0.238. The third-order valence-electron chi connectivity index (χ3n) is 3.59. The summed E-state index contributed by atoms with van der Waals surface area (Å²) in [5, 5.41) is 7.87. The zero-order valence-electron chi connectivity index (χ0n) is 11.7. The van der Waals surface area contributed by atoms with E-state index in [2.05, 4.69) is 10.4 Å². The van der Waals surface area contributed by atoms with Crippen LogP contribution in [-0.4, -0.2) is 22.9 Å². The Hall–Kier alpha value is -1.39. The highest BCUT2D eigenvalue weighted by molar-refractivity contribution is 6.31. The highest BCUT2D eigenvalue weighted by Crippen LogP contribution is 2.21. The summed E-state index contributed by atoms with van der Waals surface area (Å²) in [4.78, 5) is 0. The van der Waals surface area contributed by atoms with Gasteiger partial charge in [0.2, 0.25) is 0 Å². The third kappa shape index (κ3) is 3.58. The molecule has 0 radical (unpaired) electrons. The van der Waals surface area contributed by atoms with Crippen molar-refractivity contribution in [1.29, 1.82) is 0 Å². The molecule has 2 aromatic rings. The molecule has 5 heteroatoms. The van der Waals surface area contributed by atoms with E-state index in [1.54, 1.807) is 18.3 Å². The van der Waals surface area contributed by atoms with Gasteiger partial charge < -0.3 is 5.32 Å². The van der Waals surface area contributed by atoms with Gasteiger partial charge in [-0.25, -0.2) is 4.39 Å². The van der Waals surface area contributed by atoms with Crippen LogP contribution in [0.3, 0.4) is 0 Å². The molecule has 0 aliphatic rings. The minimum absolute atomic E-state index is 0.180. The van der Waals surface area contributed by atoms with E-state index in [4.69, 9.17) is 11.6 Å². The van der Waals surface area contributed by atoms with Crippen molar-refractivity contribution in [3.05, 3.63) is 52.6 Å². The number of hydrogen-bond donors (Lipinski definition) is 1. The second-order valence-corrected chi connectivity index (χ2v) is 5.28. The Bertz CT molecular complexity index is 548. The summed E-state index contributed by atoms with van der Waals surface area (Å²) < 4.78 is 15.7. The third-order valence-corrected chi connectivity index (χ3v) is 3.95. The van der Waals surface area contributed by atoms with Crippen LogP contribution in [0.15, 0.2) is 30.5 Å². The molecule has 1 unspecified atom stereocenters. The molecule has 1 N–H and O–H groups in total. The van der Waals surface area contributed by atoms with Crippen LogP contribution in [0.1, 0.15) is 17.7 Å². The van der Waals surface area contributed by atoms with Gasteiger partial charge in [-0.1, -0.05) is 17.7 Å². The minimum Gasteiger partial charge on any atom is -0.317 e. The fourth-order valence-electron chi connectivity index (χ4n) is 2.29. The van der Waals surface area contributed by atoms with Crippen molar-refractivity contribution in [1.82, 2.24) is 15.1 Å². The Morgan fingerprint density at radius 1 is 1.40 bits per heavy atom. The van der Waals surface area contributed by atoms with Gasteiger partial charge in [0.1, 0.15) is 5.82 Å². The van der Waals surface area contributed by atoms with Crippen LogP contribution in [0, 0.1) is 5.82 Å². The van der Waals surface area contributed by atoms with Crippen LogP contribution in [-0.2, 0) is 19.9 Å². The van der Waals surface area contributed by atoms with Crippen LogP contribution in [0.5, 0.6) is 0 Å².